The molecule has 2 nitrogen and oxygen atoms in total. The zero-order valence-corrected chi connectivity index (χ0v) is 11.1. The molecule has 1 unspecified atom stereocenters. The first-order valence-corrected chi connectivity index (χ1v) is 6.84. The lowest BCUT2D eigenvalue weighted by atomic mass is 9.68. The Labute approximate surface area is 100 Å². The fraction of sp³-hybridized carbons (Fsp3) is 1.00. The van der Waals surface area contributed by atoms with Gasteiger partial charge in [-0.05, 0) is 45.4 Å². The number of β-amino-alcohol motifs (C(OH)–C–C–N with tert-alkyl or cyclic N) is 1. The minimum atomic E-state index is -0.105. The van der Waals surface area contributed by atoms with Crippen LogP contribution >= 0.6 is 0 Å². The third kappa shape index (κ3) is 2.60. The van der Waals surface area contributed by atoms with Crippen molar-refractivity contribution in [3.63, 3.8) is 0 Å². The van der Waals surface area contributed by atoms with Crippen LogP contribution in [0.15, 0.2) is 0 Å². The molecule has 0 aromatic carbocycles. The van der Waals surface area contributed by atoms with E-state index in [1.807, 2.05) is 0 Å². The summed E-state index contributed by atoms with van der Waals surface area (Å²) >= 11 is 0. The van der Waals surface area contributed by atoms with Crippen LogP contribution in [0.5, 0.6) is 0 Å². The zero-order chi connectivity index (χ0) is 11.8. The standard InChI is InChI=1S/C14H27NO/c1-13(2,3)15-10-12(16)9-14(11-15)7-5-4-6-8-14/h12,16H,4-11H2,1-3H3. The molecular weight excluding hydrogens is 198 g/mol. The summed E-state index contributed by atoms with van der Waals surface area (Å²) in [5.41, 5.74) is 0.634. The van der Waals surface area contributed by atoms with Crippen LogP contribution in [0.25, 0.3) is 0 Å². The molecule has 2 aliphatic rings. The van der Waals surface area contributed by atoms with Gasteiger partial charge < -0.3 is 5.11 Å². The van der Waals surface area contributed by atoms with Gasteiger partial charge in [0.05, 0.1) is 6.10 Å². The number of rotatable bonds is 0. The number of piperidine rings is 1. The Morgan fingerprint density at radius 2 is 1.75 bits per heavy atom. The van der Waals surface area contributed by atoms with Gasteiger partial charge >= 0.3 is 0 Å². The summed E-state index contributed by atoms with van der Waals surface area (Å²) in [6.07, 6.45) is 7.72. The van der Waals surface area contributed by atoms with E-state index in [9.17, 15) is 5.11 Å². The van der Waals surface area contributed by atoms with Gasteiger partial charge in [0, 0.05) is 18.6 Å². The Kier molecular flexibility index (Phi) is 3.33. The predicted octanol–water partition coefficient (Wildman–Crippen LogP) is 2.80. The maximum atomic E-state index is 10.1. The fourth-order valence-corrected chi connectivity index (χ4v) is 3.53. The van der Waals surface area contributed by atoms with Crippen molar-refractivity contribution in [1.82, 2.24) is 4.90 Å². The highest BCUT2D eigenvalue weighted by atomic mass is 16.3. The number of aliphatic hydroxyl groups excluding tert-OH is 1. The van der Waals surface area contributed by atoms with Crippen LogP contribution in [0.2, 0.25) is 0 Å². The predicted molar refractivity (Wildman–Crippen MR) is 67.5 cm³/mol. The molecule has 16 heavy (non-hydrogen) atoms. The number of nitrogens with zero attached hydrogens (tertiary/aromatic N) is 1. The molecule has 0 radical (unpaired) electrons. The molecular formula is C14H27NO. The summed E-state index contributed by atoms with van der Waals surface area (Å²) in [6, 6.07) is 0. The fourth-order valence-electron chi connectivity index (χ4n) is 3.53. The first-order chi connectivity index (χ1) is 7.41. The van der Waals surface area contributed by atoms with E-state index in [1.165, 1.54) is 38.6 Å². The Balaban J connectivity index is 2.09. The van der Waals surface area contributed by atoms with Crippen LogP contribution in [-0.4, -0.2) is 34.7 Å². The Morgan fingerprint density at radius 3 is 2.31 bits per heavy atom. The molecule has 2 rings (SSSR count). The largest absolute Gasteiger partial charge is 0.392 e. The number of hydrogen-bond acceptors (Lipinski definition) is 2. The third-order valence-electron chi connectivity index (χ3n) is 4.49. The first-order valence-electron chi connectivity index (χ1n) is 6.84. The molecule has 0 bridgehead atoms. The van der Waals surface area contributed by atoms with Gasteiger partial charge in [0.15, 0.2) is 0 Å². The van der Waals surface area contributed by atoms with Crippen molar-refractivity contribution in [2.24, 2.45) is 5.41 Å². The third-order valence-corrected chi connectivity index (χ3v) is 4.49. The second-order valence-electron chi connectivity index (χ2n) is 6.97. The second-order valence-corrected chi connectivity index (χ2v) is 6.97. The normalized spacial score (nSPS) is 31.9. The van der Waals surface area contributed by atoms with Gasteiger partial charge in [-0.15, -0.1) is 0 Å². The van der Waals surface area contributed by atoms with Gasteiger partial charge in [-0.2, -0.15) is 0 Å². The van der Waals surface area contributed by atoms with E-state index in [4.69, 9.17) is 0 Å². The molecule has 1 N–H and O–H groups in total. The van der Waals surface area contributed by atoms with E-state index in [1.54, 1.807) is 0 Å². The highest BCUT2D eigenvalue weighted by molar-refractivity contribution is 4.95. The molecule has 1 spiro atoms. The number of hydrogen-bond donors (Lipinski definition) is 1. The molecule has 0 aromatic heterocycles. The van der Waals surface area contributed by atoms with Crippen LogP contribution in [0, 0.1) is 5.41 Å². The molecule has 0 amide bonds. The molecule has 94 valence electrons. The van der Waals surface area contributed by atoms with Crippen molar-refractivity contribution in [3.05, 3.63) is 0 Å². The van der Waals surface area contributed by atoms with E-state index in [0.717, 1.165) is 13.0 Å². The SMILES string of the molecule is CC(C)(C)N1CC(O)CC2(CCCCC2)C1. The molecule has 2 fully saturated rings. The molecule has 1 aliphatic heterocycles. The van der Waals surface area contributed by atoms with Crippen LogP contribution in [0.3, 0.4) is 0 Å². The van der Waals surface area contributed by atoms with Gasteiger partial charge in [-0.3, -0.25) is 4.90 Å². The number of aliphatic hydroxyl groups is 1. The van der Waals surface area contributed by atoms with E-state index >= 15 is 0 Å². The summed E-state index contributed by atoms with van der Waals surface area (Å²) < 4.78 is 0. The van der Waals surface area contributed by atoms with Crippen LogP contribution in [0.4, 0.5) is 0 Å². The lowest BCUT2D eigenvalue weighted by molar-refractivity contribution is -0.0604. The van der Waals surface area contributed by atoms with E-state index < -0.39 is 0 Å². The average Bonchev–Trinajstić information content (AvgIpc) is 2.16. The Hall–Kier alpha value is -0.0800. The highest BCUT2D eigenvalue weighted by Crippen LogP contribution is 2.44. The van der Waals surface area contributed by atoms with E-state index in [0.29, 0.717) is 5.41 Å². The average molecular weight is 225 g/mol. The van der Waals surface area contributed by atoms with Crippen molar-refractivity contribution in [3.8, 4) is 0 Å². The van der Waals surface area contributed by atoms with E-state index in [2.05, 4.69) is 25.7 Å². The van der Waals surface area contributed by atoms with Crippen LogP contribution in [0.1, 0.15) is 59.3 Å². The maximum absolute atomic E-state index is 10.1. The lowest BCUT2D eigenvalue weighted by Gasteiger charge is -2.51. The molecule has 1 saturated heterocycles. The molecule has 1 aliphatic carbocycles. The number of likely N-dealkylation sites (tertiary alicyclic amines) is 1. The first kappa shape index (κ1) is 12.4. The minimum Gasteiger partial charge on any atom is -0.392 e. The molecule has 1 saturated carbocycles. The van der Waals surface area contributed by atoms with Gasteiger partial charge in [0.25, 0.3) is 0 Å². The zero-order valence-electron chi connectivity index (χ0n) is 11.1. The van der Waals surface area contributed by atoms with E-state index in [-0.39, 0.29) is 11.6 Å². The summed E-state index contributed by atoms with van der Waals surface area (Å²) in [6.45, 7) is 8.86. The van der Waals surface area contributed by atoms with Crippen LogP contribution in [-0.2, 0) is 0 Å². The van der Waals surface area contributed by atoms with Crippen molar-refractivity contribution in [2.75, 3.05) is 13.1 Å². The quantitative estimate of drug-likeness (QED) is 0.685. The molecule has 0 aromatic rings. The van der Waals surface area contributed by atoms with Gasteiger partial charge in [0.2, 0.25) is 0 Å². The molecule has 1 heterocycles. The summed E-state index contributed by atoms with van der Waals surface area (Å²) in [5.74, 6) is 0. The van der Waals surface area contributed by atoms with Crippen molar-refractivity contribution in [2.45, 2.75) is 70.9 Å². The maximum Gasteiger partial charge on any atom is 0.0673 e. The summed E-state index contributed by atoms with van der Waals surface area (Å²) in [5, 5.41) is 10.1. The molecule has 2 heteroatoms. The summed E-state index contributed by atoms with van der Waals surface area (Å²) in [4.78, 5) is 2.49. The van der Waals surface area contributed by atoms with Gasteiger partial charge in [-0.25, -0.2) is 0 Å². The Morgan fingerprint density at radius 1 is 1.12 bits per heavy atom. The summed E-state index contributed by atoms with van der Waals surface area (Å²) in [7, 11) is 0. The highest BCUT2D eigenvalue weighted by Gasteiger charge is 2.42. The van der Waals surface area contributed by atoms with Gasteiger partial charge in [0.1, 0.15) is 0 Å². The lowest BCUT2D eigenvalue weighted by Crippen LogP contribution is -2.56. The minimum absolute atomic E-state index is 0.105. The van der Waals surface area contributed by atoms with Crippen LogP contribution < -0.4 is 0 Å². The van der Waals surface area contributed by atoms with Gasteiger partial charge in [-0.1, -0.05) is 19.3 Å². The topological polar surface area (TPSA) is 23.5 Å². The Bertz CT molecular complexity index is 238. The monoisotopic (exact) mass is 225 g/mol. The van der Waals surface area contributed by atoms with Crippen molar-refractivity contribution >= 4 is 0 Å². The van der Waals surface area contributed by atoms with Crippen molar-refractivity contribution in [1.29, 1.82) is 0 Å². The smallest absolute Gasteiger partial charge is 0.0673 e. The second kappa shape index (κ2) is 4.30. The van der Waals surface area contributed by atoms with Crippen molar-refractivity contribution < 1.29 is 5.11 Å². The molecule has 1 atom stereocenters.